The van der Waals surface area contributed by atoms with Crippen LogP contribution in [0, 0.1) is 0 Å². The van der Waals surface area contributed by atoms with Crippen LogP contribution in [0.4, 0.5) is 5.69 Å². The van der Waals surface area contributed by atoms with Crippen molar-refractivity contribution in [3.8, 4) is 5.75 Å². The van der Waals surface area contributed by atoms with Crippen LogP contribution < -0.4 is 20.3 Å². The number of piperidine rings is 1. The molecule has 2 heterocycles. The highest BCUT2D eigenvalue weighted by Crippen LogP contribution is 2.25. The van der Waals surface area contributed by atoms with Crippen LogP contribution in [0.3, 0.4) is 0 Å². The Kier molecular flexibility index (Phi) is 7.62. The van der Waals surface area contributed by atoms with Gasteiger partial charge in [-0.3, -0.25) is 9.59 Å². The maximum atomic E-state index is 12.9. The maximum Gasteiger partial charge on any atom is 0.255 e. The number of amides is 2. The number of thiophene rings is 1. The molecule has 1 aromatic heterocycles. The van der Waals surface area contributed by atoms with Crippen LogP contribution in [0.5, 0.6) is 5.75 Å². The zero-order chi connectivity index (χ0) is 23.0. The van der Waals surface area contributed by atoms with Gasteiger partial charge in [-0.15, -0.1) is 11.3 Å². The quantitative estimate of drug-likeness (QED) is 0.527. The van der Waals surface area contributed by atoms with Crippen molar-refractivity contribution in [1.29, 1.82) is 0 Å². The molecule has 1 aliphatic heterocycles. The third-order valence-corrected chi connectivity index (χ3v) is 6.84. The molecule has 0 saturated carbocycles. The standard InChI is InChI=1S/C26H29N3O3S/c1-32-24-11-5-3-9-22(24)26(31)28-19-13-16-29(17-14-19)23-10-4-2-8-21(23)25(30)27-15-12-20-7-6-18-33-20/h2-11,18-19H,12-17H2,1H3,(H,27,30)(H,28,31). The number of hydrogen-bond acceptors (Lipinski definition) is 5. The summed E-state index contributed by atoms with van der Waals surface area (Å²) in [6.07, 6.45) is 2.47. The zero-order valence-electron chi connectivity index (χ0n) is 18.8. The van der Waals surface area contributed by atoms with E-state index in [0.717, 1.165) is 38.0 Å². The van der Waals surface area contributed by atoms with Crippen molar-refractivity contribution in [3.05, 3.63) is 82.0 Å². The highest BCUT2D eigenvalue weighted by molar-refractivity contribution is 7.09. The van der Waals surface area contributed by atoms with E-state index in [4.69, 9.17) is 4.74 Å². The van der Waals surface area contributed by atoms with Crippen LogP contribution in [0.1, 0.15) is 38.4 Å². The molecule has 0 spiro atoms. The lowest BCUT2D eigenvalue weighted by Gasteiger charge is -2.35. The second-order valence-corrected chi connectivity index (χ2v) is 9.07. The number of nitrogens with one attached hydrogen (secondary N) is 2. The van der Waals surface area contributed by atoms with Gasteiger partial charge in [-0.25, -0.2) is 0 Å². The monoisotopic (exact) mass is 463 g/mol. The second-order valence-electron chi connectivity index (χ2n) is 8.04. The summed E-state index contributed by atoms with van der Waals surface area (Å²) in [4.78, 5) is 29.1. The fourth-order valence-electron chi connectivity index (χ4n) is 4.15. The summed E-state index contributed by atoms with van der Waals surface area (Å²) in [7, 11) is 1.57. The minimum absolute atomic E-state index is 0.0474. The topological polar surface area (TPSA) is 70.7 Å². The molecule has 33 heavy (non-hydrogen) atoms. The van der Waals surface area contributed by atoms with E-state index >= 15 is 0 Å². The second kappa shape index (κ2) is 11.0. The van der Waals surface area contributed by atoms with Crippen LogP contribution in [-0.2, 0) is 6.42 Å². The highest BCUT2D eigenvalue weighted by Gasteiger charge is 2.24. The van der Waals surface area contributed by atoms with E-state index in [9.17, 15) is 9.59 Å². The van der Waals surface area contributed by atoms with Crippen molar-refractivity contribution in [3.63, 3.8) is 0 Å². The van der Waals surface area contributed by atoms with Crippen molar-refractivity contribution in [2.24, 2.45) is 0 Å². The summed E-state index contributed by atoms with van der Waals surface area (Å²) in [6.45, 7) is 2.16. The molecule has 0 aliphatic carbocycles. The SMILES string of the molecule is COc1ccccc1C(=O)NC1CCN(c2ccccc2C(=O)NCCc2cccs2)CC1. The van der Waals surface area contributed by atoms with Gasteiger partial charge in [0.2, 0.25) is 0 Å². The smallest absolute Gasteiger partial charge is 0.255 e. The van der Waals surface area contributed by atoms with Crippen LogP contribution in [0.2, 0.25) is 0 Å². The van der Waals surface area contributed by atoms with Gasteiger partial charge in [-0.1, -0.05) is 30.3 Å². The average Bonchev–Trinajstić information content (AvgIpc) is 3.38. The lowest BCUT2D eigenvalue weighted by Crippen LogP contribution is -2.45. The summed E-state index contributed by atoms with van der Waals surface area (Å²) in [5.41, 5.74) is 2.19. The van der Waals surface area contributed by atoms with Crippen LogP contribution in [0.25, 0.3) is 0 Å². The molecule has 6 nitrogen and oxygen atoms in total. The van der Waals surface area contributed by atoms with E-state index in [1.54, 1.807) is 30.6 Å². The number of anilines is 1. The average molecular weight is 464 g/mol. The Balaban J connectivity index is 1.33. The summed E-state index contributed by atoms with van der Waals surface area (Å²) in [6, 6.07) is 19.2. The summed E-state index contributed by atoms with van der Waals surface area (Å²) < 4.78 is 5.31. The number of nitrogens with zero attached hydrogens (tertiary/aromatic N) is 1. The van der Waals surface area contributed by atoms with E-state index in [1.807, 2.05) is 42.5 Å². The van der Waals surface area contributed by atoms with Gasteiger partial charge in [0, 0.05) is 36.2 Å². The Morgan fingerprint density at radius 3 is 2.42 bits per heavy atom. The predicted molar refractivity (Wildman–Crippen MR) is 132 cm³/mol. The summed E-state index contributed by atoms with van der Waals surface area (Å²) in [5.74, 6) is 0.414. The molecule has 172 valence electrons. The minimum atomic E-state index is -0.114. The van der Waals surface area contributed by atoms with Gasteiger partial charge >= 0.3 is 0 Å². The number of methoxy groups -OCH3 is 1. The number of ether oxygens (including phenoxy) is 1. The minimum Gasteiger partial charge on any atom is -0.496 e. The van der Waals surface area contributed by atoms with Crippen LogP contribution >= 0.6 is 11.3 Å². The third kappa shape index (κ3) is 5.73. The fraction of sp³-hybridized carbons (Fsp3) is 0.308. The van der Waals surface area contributed by atoms with E-state index < -0.39 is 0 Å². The van der Waals surface area contributed by atoms with Gasteiger partial charge in [0.1, 0.15) is 5.75 Å². The fourth-order valence-corrected chi connectivity index (χ4v) is 4.86. The first-order valence-electron chi connectivity index (χ1n) is 11.2. The Hall–Kier alpha value is -3.32. The Morgan fingerprint density at radius 1 is 0.970 bits per heavy atom. The van der Waals surface area contributed by atoms with Crippen molar-refractivity contribution in [2.45, 2.75) is 25.3 Å². The van der Waals surface area contributed by atoms with Gasteiger partial charge in [-0.05, 0) is 55.0 Å². The van der Waals surface area contributed by atoms with Gasteiger partial charge < -0.3 is 20.3 Å². The lowest BCUT2D eigenvalue weighted by atomic mass is 10.0. The number of para-hydroxylation sites is 2. The number of hydrogen-bond donors (Lipinski definition) is 2. The molecule has 3 aromatic rings. The zero-order valence-corrected chi connectivity index (χ0v) is 19.6. The van der Waals surface area contributed by atoms with Crippen molar-refractivity contribution >= 4 is 28.8 Å². The van der Waals surface area contributed by atoms with E-state index in [2.05, 4.69) is 27.0 Å². The summed E-state index contributed by atoms with van der Waals surface area (Å²) in [5, 5.41) is 8.24. The van der Waals surface area contributed by atoms with Crippen molar-refractivity contribution in [1.82, 2.24) is 10.6 Å². The first kappa shape index (κ1) is 22.9. The maximum absolute atomic E-state index is 12.9. The number of rotatable bonds is 8. The molecular weight excluding hydrogens is 434 g/mol. The molecule has 1 aliphatic rings. The Bertz CT molecular complexity index is 1080. The lowest BCUT2D eigenvalue weighted by molar-refractivity contribution is 0.0926. The Morgan fingerprint density at radius 2 is 1.70 bits per heavy atom. The molecule has 0 radical (unpaired) electrons. The van der Waals surface area contributed by atoms with Gasteiger partial charge in [0.15, 0.2) is 0 Å². The molecule has 0 bridgehead atoms. The summed E-state index contributed by atoms with van der Waals surface area (Å²) >= 11 is 1.70. The Labute approximate surface area is 198 Å². The van der Waals surface area contributed by atoms with Gasteiger partial charge in [0.25, 0.3) is 11.8 Å². The molecule has 1 fully saturated rings. The number of carbonyl (C=O) groups excluding carboxylic acids is 2. The van der Waals surface area contributed by atoms with E-state index in [1.165, 1.54) is 4.88 Å². The molecule has 0 atom stereocenters. The number of benzene rings is 2. The number of carbonyl (C=O) groups is 2. The molecule has 2 amide bonds. The molecule has 2 aromatic carbocycles. The largest absolute Gasteiger partial charge is 0.496 e. The van der Waals surface area contributed by atoms with E-state index in [-0.39, 0.29) is 17.9 Å². The molecule has 2 N–H and O–H groups in total. The van der Waals surface area contributed by atoms with Crippen molar-refractivity contribution in [2.75, 3.05) is 31.6 Å². The van der Waals surface area contributed by atoms with Gasteiger partial charge in [0.05, 0.1) is 18.2 Å². The predicted octanol–water partition coefficient (Wildman–Crippen LogP) is 4.13. The molecular formula is C26H29N3O3S. The van der Waals surface area contributed by atoms with E-state index in [0.29, 0.717) is 23.4 Å². The first-order chi connectivity index (χ1) is 16.2. The third-order valence-electron chi connectivity index (χ3n) is 5.91. The molecule has 1 saturated heterocycles. The first-order valence-corrected chi connectivity index (χ1v) is 12.1. The van der Waals surface area contributed by atoms with Crippen molar-refractivity contribution < 1.29 is 14.3 Å². The van der Waals surface area contributed by atoms with Crippen LogP contribution in [0.15, 0.2) is 66.0 Å². The highest BCUT2D eigenvalue weighted by atomic mass is 32.1. The normalized spacial score (nSPS) is 14.0. The van der Waals surface area contributed by atoms with Crippen LogP contribution in [-0.4, -0.2) is 44.6 Å². The molecule has 4 rings (SSSR count). The molecule has 0 unspecified atom stereocenters. The molecule has 7 heteroatoms. The van der Waals surface area contributed by atoms with Gasteiger partial charge in [-0.2, -0.15) is 0 Å².